The van der Waals surface area contributed by atoms with E-state index in [0.717, 1.165) is 11.4 Å². The van der Waals surface area contributed by atoms with Crippen LogP contribution in [-0.4, -0.2) is 24.4 Å². The molecule has 1 aliphatic rings. The van der Waals surface area contributed by atoms with Gasteiger partial charge in [-0.1, -0.05) is 23.7 Å². The molecule has 0 saturated carbocycles. The highest BCUT2D eigenvalue weighted by atomic mass is 35.5. The van der Waals surface area contributed by atoms with Crippen LogP contribution in [0, 0.1) is 0 Å². The topological polar surface area (TPSA) is 61.4 Å². The summed E-state index contributed by atoms with van der Waals surface area (Å²) in [5, 5.41) is 6.59. The van der Waals surface area contributed by atoms with E-state index in [4.69, 9.17) is 11.6 Å². The highest BCUT2D eigenvalue weighted by Gasteiger charge is 2.29. The number of hydrogen-bond acceptors (Lipinski definition) is 3. The van der Waals surface area contributed by atoms with E-state index in [0.29, 0.717) is 10.7 Å². The summed E-state index contributed by atoms with van der Waals surface area (Å²) in [6.07, 6.45) is 0.265. The van der Waals surface area contributed by atoms with Crippen LogP contribution < -0.4 is 15.5 Å². The number of rotatable bonds is 3. The van der Waals surface area contributed by atoms with Gasteiger partial charge in [0.15, 0.2) is 0 Å². The first-order chi connectivity index (χ1) is 11.5. The Morgan fingerprint density at radius 2 is 1.96 bits per heavy atom. The Balaban J connectivity index is 1.79. The first-order valence-corrected chi connectivity index (χ1v) is 8.13. The average Bonchev–Trinajstić information content (AvgIpc) is 2.68. The quantitative estimate of drug-likeness (QED) is 0.896. The third kappa shape index (κ3) is 3.51. The van der Waals surface area contributed by atoms with E-state index in [1.807, 2.05) is 37.3 Å². The molecule has 1 aliphatic heterocycles. The molecule has 3 rings (SSSR count). The van der Waals surface area contributed by atoms with Gasteiger partial charge in [0, 0.05) is 23.2 Å². The fourth-order valence-electron chi connectivity index (χ4n) is 2.80. The van der Waals surface area contributed by atoms with Gasteiger partial charge in [0.2, 0.25) is 11.8 Å². The van der Waals surface area contributed by atoms with Gasteiger partial charge < -0.3 is 15.5 Å². The van der Waals surface area contributed by atoms with E-state index in [1.54, 1.807) is 23.1 Å². The highest BCUT2D eigenvalue weighted by molar-refractivity contribution is 6.30. The SMILES string of the molecule is CC1CC(=O)Nc2ccccc2N1C(=O)CNc1ccc(Cl)cc1. The van der Waals surface area contributed by atoms with Crippen LogP contribution in [0.15, 0.2) is 48.5 Å². The Morgan fingerprint density at radius 1 is 1.25 bits per heavy atom. The maximum absolute atomic E-state index is 12.8. The molecule has 1 unspecified atom stereocenters. The molecule has 0 aromatic heterocycles. The van der Waals surface area contributed by atoms with Gasteiger partial charge in [0.1, 0.15) is 0 Å². The summed E-state index contributed by atoms with van der Waals surface area (Å²) in [5.74, 6) is -0.183. The zero-order chi connectivity index (χ0) is 17.1. The number of hydrogen-bond donors (Lipinski definition) is 2. The molecule has 0 bridgehead atoms. The molecule has 124 valence electrons. The smallest absolute Gasteiger partial charge is 0.246 e. The minimum absolute atomic E-state index is 0.0871. The highest BCUT2D eigenvalue weighted by Crippen LogP contribution is 2.31. The van der Waals surface area contributed by atoms with E-state index in [-0.39, 0.29) is 30.8 Å². The van der Waals surface area contributed by atoms with Gasteiger partial charge in [-0.3, -0.25) is 9.59 Å². The zero-order valence-electron chi connectivity index (χ0n) is 13.3. The van der Waals surface area contributed by atoms with Crippen molar-refractivity contribution in [1.82, 2.24) is 0 Å². The van der Waals surface area contributed by atoms with Crippen molar-refractivity contribution in [3.05, 3.63) is 53.6 Å². The number of halogens is 1. The number of para-hydroxylation sites is 2. The Labute approximate surface area is 145 Å². The summed E-state index contributed by atoms with van der Waals surface area (Å²) < 4.78 is 0. The fraction of sp³-hybridized carbons (Fsp3) is 0.222. The molecule has 1 atom stereocenters. The van der Waals surface area contributed by atoms with Crippen molar-refractivity contribution in [3.63, 3.8) is 0 Å². The Bertz CT molecular complexity index is 761. The second-order valence-corrected chi connectivity index (χ2v) is 6.18. The fourth-order valence-corrected chi connectivity index (χ4v) is 2.92. The number of nitrogens with zero attached hydrogens (tertiary/aromatic N) is 1. The number of nitrogens with one attached hydrogen (secondary N) is 2. The van der Waals surface area contributed by atoms with Crippen molar-refractivity contribution < 1.29 is 9.59 Å². The lowest BCUT2D eigenvalue weighted by atomic mass is 10.1. The third-order valence-corrected chi connectivity index (χ3v) is 4.17. The van der Waals surface area contributed by atoms with Gasteiger partial charge in [0.25, 0.3) is 0 Å². The van der Waals surface area contributed by atoms with Crippen molar-refractivity contribution in [3.8, 4) is 0 Å². The summed E-state index contributed by atoms with van der Waals surface area (Å²) in [7, 11) is 0. The lowest BCUT2D eigenvalue weighted by Crippen LogP contribution is -2.42. The van der Waals surface area contributed by atoms with Gasteiger partial charge >= 0.3 is 0 Å². The van der Waals surface area contributed by atoms with E-state index in [9.17, 15) is 9.59 Å². The zero-order valence-corrected chi connectivity index (χ0v) is 14.0. The van der Waals surface area contributed by atoms with Crippen molar-refractivity contribution in [2.45, 2.75) is 19.4 Å². The summed E-state index contributed by atoms with van der Waals surface area (Å²) in [6, 6.07) is 14.3. The number of fused-ring (bicyclic) bond motifs is 1. The summed E-state index contributed by atoms with van der Waals surface area (Å²) in [6.45, 7) is 2.01. The lowest BCUT2D eigenvalue weighted by Gasteiger charge is -2.28. The van der Waals surface area contributed by atoms with Crippen LogP contribution >= 0.6 is 11.6 Å². The number of anilines is 3. The van der Waals surface area contributed by atoms with Gasteiger partial charge in [0.05, 0.1) is 17.9 Å². The van der Waals surface area contributed by atoms with Crippen LogP contribution in [0.25, 0.3) is 0 Å². The lowest BCUT2D eigenvalue weighted by molar-refractivity contribution is -0.118. The van der Waals surface area contributed by atoms with Crippen LogP contribution in [-0.2, 0) is 9.59 Å². The number of benzene rings is 2. The van der Waals surface area contributed by atoms with Crippen LogP contribution in [0.2, 0.25) is 5.02 Å². The normalized spacial score (nSPS) is 16.8. The van der Waals surface area contributed by atoms with Crippen LogP contribution in [0.3, 0.4) is 0 Å². The standard InChI is InChI=1S/C18H18ClN3O2/c1-12-10-17(23)21-15-4-2-3-5-16(15)22(12)18(24)11-20-14-8-6-13(19)7-9-14/h2-9,12,20H,10-11H2,1H3,(H,21,23). The molecule has 0 saturated heterocycles. The average molecular weight is 344 g/mol. The molecule has 1 heterocycles. The van der Waals surface area contributed by atoms with Crippen LogP contribution in [0.4, 0.5) is 17.1 Å². The third-order valence-electron chi connectivity index (χ3n) is 3.92. The molecule has 2 amide bonds. The van der Waals surface area contributed by atoms with E-state index >= 15 is 0 Å². The first kappa shape index (κ1) is 16.3. The molecule has 5 nitrogen and oxygen atoms in total. The Kier molecular flexibility index (Phi) is 4.71. The largest absolute Gasteiger partial charge is 0.376 e. The molecule has 2 aromatic rings. The molecule has 24 heavy (non-hydrogen) atoms. The summed E-state index contributed by atoms with van der Waals surface area (Å²) in [5.41, 5.74) is 2.20. The second kappa shape index (κ2) is 6.93. The molecule has 0 fully saturated rings. The van der Waals surface area contributed by atoms with Crippen LogP contribution in [0.1, 0.15) is 13.3 Å². The van der Waals surface area contributed by atoms with E-state index < -0.39 is 0 Å². The van der Waals surface area contributed by atoms with Gasteiger partial charge in [-0.05, 0) is 43.3 Å². The minimum atomic E-state index is -0.215. The maximum atomic E-state index is 12.8. The van der Waals surface area contributed by atoms with Gasteiger partial charge in [-0.25, -0.2) is 0 Å². The predicted octanol–water partition coefficient (Wildman–Crippen LogP) is 3.52. The van der Waals surface area contributed by atoms with E-state index in [1.165, 1.54) is 0 Å². The van der Waals surface area contributed by atoms with E-state index in [2.05, 4.69) is 10.6 Å². The minimum Gasteiger partial charge on any atom is -0.376 e. The first-order valence-electron chi connectivity index (χ1n) is 7.75. The molecule has 0 aliphatic carbocycles. The summed E-state index contributed by atoms with van der Waals surface area (Å²) in [4.78, 5) is 26.4. The second-order valence-electron chi connectivity index (χ2n) is 5.74. The molecule has 0 spiro atoms. The Morgan fingerprint density at radius 3 is 2.71 bits per heavy atom. The molecule has 0 radical (unpaired) electrons. The van der Waals surface area contributed by atoms with Crippen molar-refractivity contribution in [1.29, 1.82) is 0 Å². The van der Waals surface area contributed by atoms with Crippen molar-refractivity contribution in [2.24, 2.45) is 0 Å². The molecule has 6 heteroatoms. The van der Waals surface area contributed by atoms with Gasteiger partial charge in [-0.15, -0.1) is 0 Å². The number of amides is 2. The monoisotopic (exact) mass is 343 g/mol. The maximum Gasteiger partial charge on any atom is 0.246 e. The molecule has 2 N–H and O–H groups in total. The number of carbonyl (C=O) groups excluding carboxylic acids is 2. The number of carbonyl (C=O) groups is 2. The molecule has 2 aromatic carbocycles. The van der Waals surface area contributed by atoms with Crippen molar-refractivity contribution >= 4 is 40.5 Å². The molecular formula is C18H18ClN3O2. The molecular weight excluding hydrogens is 326 g/mol. The van der Waals surface area contributed by atoms with Crippen molar-refractivity contribution in [2.75, 3.05) is 22.1 Å². The van der Waals surface area contributed by atoms with Crippen LogP contribution in [0.5, 0.6) is 0 Å². The van der Waals surface area contributed by atoms with Gasteiger partial charge in [-0.2, -0.15) is 0 Å². The Hall–Kier alpha value is -2.53. The predicted molar refractivity (Wildman–Crippen MR) is 96.6 cm³/mol. The summed E-state index contributed by atoms with van der Waals surface area (Å²) >= 11 is 5.86.